The molecular weight excluding hydrogens is 184 g/mol. The second-order valence-electron chi connectivity index (χ2n) is 4.47. The summed E-state index contributed by atoms with van der Waals surface area (Å²) < 4.78 is 0. The maximum absolute atomic E-state index is 4.10. The molecule has 2 heteroatoms. The fourth-order valence-electron chi connectivity index (χ4n) is 2.61. The normalized spacial score (nSPS) is 27.8. The third kappa shape index (κ3) is 1.86. The molecule has 0 radical (unpaired) electrons. The van der Waals surface area contributed by atoms with Gasteiger partial charge in [-0.05, 0) is 38.4 Å². The Bertz CT molecular complexity index is 306. The van der Waals surface area contributed by atoms with Gasteiger partial charge in [0.15, 0.2) is 0 Å². The van der Waals surface area contributed by atoms with E-state index in [1.165, 1.54) is 18.4 Å². The molecule has 2 rings (SSSR count). The Morgan fingerprint density at radius 1 is 1.33 bits per heavy atom. The zero-order chi connectivity index (χ0) is 10.7. The van der Waals surface area contributed by atoms with E-state index in [4.69, 9.17) is 0 Å². The summed E-state index contributed by atoms with van der Waals surface area (Å²) in [6.45, 7) is 9.48. The van der Waals surface area contributed by atoms with E-state index in [-0.39, 0.29) is 0 Å². The van der Waals surface area contributed by atoms with Gasteiger partial charge < -0.3 is 10.6 Å². The molecule has 0 aromatic carbocycles. The van der Waals surface area contributed by atoms with Gasteiger partial charge in [0.05, 0.1) is 0 Å². The molecule has 2 fully saturated rings. The van der Waals surface area contributed by atoms with Gasteiger partial charge in [-0.1, -0.05) is 24.8 Å². The molecule has 0 atom stereocenters. The largest absolute Gasteiger partial charge is 0.384 e. The Kier molecular flexibility index (Phi) is 2.96. The summed E-state index contributed by atoms with van der Waals surface area (Å²) in [5.74, 6) is 0. The topological polar surface area (TPSA) is 24.1 Å². The number of allylic oxidation sites excluding steroid dienone is 4. The molecule has 15 heavy (non-hydrogen) atoms. The second-order valence-corrected chi connectivity index (χ2v) is 4.47. The molecule has 2 N–H and O–H groups in total. The standard InChI is InChI=1S/C13H20N2/c1-3-4-5-12-11(2)15-10-13(12)6-8-14-9-7-13/h3-5,14-15H,2,6-10H2,1H3/b4-3-,12-5+. The zero-order valence-corrected chi connectivity index (χ0v) is 9.47. The molecule has 1 spiro atoms. The van der Waals surface area contributed by atoms with Crippen molar-refractivity contribution >= 4 is 0 Å². The molecule has 0 bridgehead atoms. The van der Waals surface area contributed by atoms with Crippen molar-refractivity contribution in [2.45, 2.75) is 19.8 Å². The summed E-state index contributed by atoms with van der Waals surface area (Å²) in [5, 5.41) is 6.84. The average Bonchev–Trinajstić information content (AvgIpc) is 2.55. The van der Waals surface area contributed by atoms with Crippen molar-refractivity contribution in [3.63, 3.8) is 0 Å². The van der Waals surface area contributed by atoms with E-state index in [2.05, 4.69) is 42.4 Å². The monoisotopic (exact) mass is 204 g/mol. The summed E-state index contributed by atoms with van der Waals surface area (Å²) in [6.07, 6.45) is 8.88. The van der Waals surface area contributed by atoms with Crippen molar-refractivity contribution in [2.75, 3.05) is 19.6 Å². The summed E-state index contributed by atoms with van der Waals surface area (Å²) in [5.41, 5.74) is 2.89. The van der Waals surface area contributed by atoms with Crippen LogP contribution in [0.1, 0.15) is 19.8 Å². The van der Waals surface area contributed by atoms with Crippen molar-refractivity contribution in [1.29, 1.82) is 0 Å². The van der Waals surface area contributed by atoms with Crippen LogP contribution in [0, 0.1) is 5.41 Å². The average molecular weight is 204 g/mol. The first kappa shape index (κ1) is 10.5. The predicted octanol–water partition coefficient (Wildman–Crippen LogP) is 1.98. The smallest absolute Gasteiger partial charge is 0.0306 e. The van der Waals surface area contributed by atoms with Gasteiger partial charge in [0.1, 0.15) is 0 Å². The minimum atomic E-state index is 0.349. The summed E-state index contributed by atoms with van der Waals surface area (Å²) in [6, 6.07) is 0. The minimum Gasteiger partial charge on any atom is -0.384 e. The number of piperidine rings is 1. The molecule has 2 aliphatic heterocycles. The quantitative estimate of drug-likeness (QED) is 0.682. The van der Waals surface area contributed by atoms with Crippen molar-refractivity contribution in [3.8, 4) is 0 Å². The van der Waals surface area contributed by atoms with Gasteiger partial charge in [0, 0.05) is 17.7 Å². The molecule has 82 valence electrons. The van der Waals surface area contributed by atoms with E-state index in [1.54, 1.807) is 0 Å². The molecule has 2 aliphatic rings. The molecule has 0 aromatic rings. The van der Waals surface area contributed by atoms with Crippen molar-refractivity contribution in [1.82, 2.24) is 10.6 Å². The SMILES string of the molecule is C=C1NCC2(CCNCC2)/C1=C/C=C\C. The summed E-state index contributed by atoms with van der Waals surface area (Å²) in [4.78, 5) is 0. The molecule has 0 saturated carbocycles. The van der Waals surface area contributed by atoms with E-state index in [1.807, 2.05) is 0 Å². The molecule has 0 aliphatic carbocycles. The van der Waals surface area contributed by atoms with Crippen LogP contribution in [0.15, 0.2) is 36.1 Å². The third-order valence-electron chi connectivity index (χ3n) is 3.55. The van der Waals surface area contributed by atoms with E-state index in [0.29, 0.717) is 5.41 Å². The Morgan fingerprint density at radius 2 is 2.07 bits per heavy atom. The summed E-state index contributed by atoms with van der Waals surface area (Å²) >= 11 is 0. The van der Waals surface area contributed by atoms with Gasteiger partial charge in [-0.3, -0.25) is 0 Å². The number of hydrogen-bond donors (Lipinski definition) is 2. The van der Waals surface area contributed by atoms with Gasteiger partial charge in [-0.25, -0.2) is 0 Å². The van der Waals surface area contributed by atoms with Crippen molar-refractivity contribution in [2.24, 2.45) is 5.41 Å². The van der Waals surface area contributed by atoms with Crippen LogP contribution in [0.4, 0.5) is 0 Å². The van der Waals surface area contributed by atoms with Gasteiger partial charge in [0.25, 0.3) is 0 Å². The highest BCUT2D eigenvalue weighted by Gasteiger charge is 2.40. The third-order valence-corrected chi connectivity index (χ3v) is 3.55. The lowest BCUT2D eigenvalue weighted by Gasteiger charge is -2.34. The zero-order valence-electron chi connectivity index (χ0n) is 9.47. The van der Waals surface area contributed by atoms with Crippen LogP contribution >= 0.6 is 0 Å². The Balaban J connectivity index is 2.26. The van der Waals surface area contributed by atoms with Crippen LogP contribution in [0.5, 0.6) is 0 Å². The maximum atomic E-state index is 4.10. The molecule has 2 saturated heterocycles. The number of nitrogens with one attached hydrogen (secondary N) is 2. The Hall–Kier alpha value is -1.02. The van der Waals surface area contributed by atoms with Crippen molar-refractivity contribution in [3.05, 3.63) is 36.1 Å². The number of hydrogen-bond acceptors (Lipinski definition) is 2. The van der Waals surface area contributed by atoms with Gasteiger partial charge in [0.2, 0.25) is 0 Å². The van der Waals surface area contributed by atoms with Gasteiger partial charge in [-0.15, -0.1) is 0 Å². The minimum absolute atomic E-state index is 0.349. The molecule has 0 aromatic heterocycles. The van der Waals surface area contributed by atoms with Crippen LogP contribution < -0.4 is 10.6 Å². The molecule has 2 heterocycles. The van der Waals surface area contributed by atoms with Crippen LogP contribution in [0.25, 0.3) is 0 Å². The first-order valence-electron chi connectivity index (χ1n) is 5.76. The fraction of sp³-hybridized carbons (Fsp3) is 0.538. The highest BCUT2D eigenvalue weighted by Crippen LogP contribution is 2.43. The van der Waals surface area contributed by atoms with Gasteiger partial charge >= 0.3 is 0 Å². The lowest BCUT2D eigenvalue weighted by atomic mass is 9.74. The molecule has 2 nitrogen and oxygen atoms in total. The first-order chi connectivity index (χ1) is 7.28. The van der Waals surface area contributed by atoms with Crippen LogP contribution in [0.3, 0.4) is 0 Å². The number of rotatable bonds is 1. The van der Waals surface area contributed by atoms with Crippen LogP contribution in [0.2, 0.25) is 0 Å². The van der Waals surface area contributed by atoms with Crippen LogP contribution in [-0.2, 0) is 0 Å². The lowest BCUT2D eigenvalue weighted by Crippen LogP contribution is -2.38. The van der Waals surface area contributed by atoms with E-state index < -0.39 is 0 Å². The Labute approximate surface area is 92.1 Å². The molecular formula is C13H20N2. The maximum Gasteiger partial charge on any atom is 0.0306 e. The first-order valence-corrected chi connectivity index (χ1v) is 5.76. The highest BCUT2D eigenvalue weighted by molar-refractivity contribution is 5.41. The predicted molar refractivity (Wildman–Crippen MR) is 64.6 cm³/mol. The second kappa shape index (κ2) is 4.23. The molecule has 0 amide bonds. The molecule has 0 unspecified atom stereocenters. The van der Waals surface area contributed by atoms with Crippen LogP contribution in [-0.4, -0.2) is 19.6 Å². The Morgan fingerprint density at radius 3 is 2.73 bits per heavy atom. The van der Waals surface area contributed by atoms with E-state index in [0.717, 1.165) is 25.3 Å². The lowest BCUT2D eigenvalue weighted by molar-refractivity contribution is 0.279. The summed E-state index contributed by atoms with van der Waals surface area (Å²) in [7, 11) is 0. The van der Waals surface area contributed by atoms with Gasteiger partial charge in [-0.2, -0.15) is 0 Å². The highest BCUT2D eigenvalue weighted by atomic mass is 15.0. The van der Waals surface area contributed by atoms with E-state index in [9.17, 15) is 0 Å². The van der Waals surface area contributed by atoms with Crippen molar-refractivity contribution < 1.29 is 0 Å². The fourth-order valence-corrected chi connectivity index (χ4v) is 2.61. The van der Waals surface area contributed by atoms with E-state index >= 15 is 0 Å².